The van der Waals surface area contributed by atoms with Crippen molar-refractivity contribution in [3.63, 3.8) is 0 Å². The highest BCUT2D eigenvalue weighted by atomic mass is 32.1. The van der Waals surface area contributed by atoms with Crippen LogP contribution >= 0.6 is 11.3 Å². The van der Waals surface area contributed by atoms with Gasteiger partial charge in [-0.3, -0.25) is 4.90 Å². The molecule has 2 atom stereocenters. The summed E-state index contributed by atoms with van der Waals surface area (Å²) < 4.78 is 13.4. The molecule has 1 heterocycles. The molecule has 2 unspecified atom stereocenters. The first-order valence-electron chi connectivity index (χ1n) is 6.81. The molecule has 0 fully saturated rings. The third kappa shape index (κ3) is 3.66. The van der Waals surface area contributed by atoms with Crippen molar-refractivity contribution in [3.05, 3.63) is 58.0 Å². The van der Waals surface area contributed by atoms with E-state index in [1.54, 1.807) is 23.5 Å². The number of nitrogens with zero attached hydrogens (tertiary/aromatic N) is 1. The van der Waals surface area contributed by atoms with Crippen molar-refractivity contribution in [2.45, 2.75) is 25.4 Å². The van der Waals surface area contributed by atoms with Crippen LogP contribution in [0.2, 0.25) is 0 Å². The molecule has 1 aromatic heterocycles. The third-order valence-electron chi connectivity index (χ3n) is 3.72. The van der Waals surface area contributed by atoms with Crippen LogP contribution in [0.4, 0.5) is 4.39 Å². The minimum absolute atomic E-state index is 0.0423. The van der Waals surface area contributed by atoms with Crippen molar-refractivity contribution in [3.8, 4) is 0 Å². The number of hydrogen-bond donors (Lipinski definition) is 1. The molecule has 2 N–H and O–H groups in total. The molecule has 2 aromatic rings. The molecule has 0 spiro atoms. The van der Waals surface area contributed by atoms with Crippen molar-refractivity contribution in [1.29, 1.82) is 0 Å². The summed E-state index contributed by atoms with van der Waals surface area (Å²) in [6, 6.07) is 11.3. The minimum Gasteiger partial charge on any atom is -0.329 e. The van der Waals surface area contributed by atoms with Crippen LogP contribution in [0.3, 0.4) is 0 Å². The Hall–Kier alpha value is -1.23. The van der Waals surface area contributed by atoms with Crippen molar-refractivity contribution in [2.75, 3.05) is 13.6 Å². The Labute approximate surface area is 124 Å². The quantitative estimate of drug-likeness (QED) is 0.883. The highest BCUT2D eigenvalue weighted by molar-refractivity contribution is 7.09. The lowest BCUT2D eigenvalue weighted by Gasteiger charge is -2.32. The van der Waals surface area contributed by atoms with Gasteiger partial charge in [-0.1, -0.05) is 18.2 Å². The molecule has 20 heavy (non-hydrogen) atoms. The summed E-state index contributed by atoms with van der Waals surface area (Å²) in [6.45, 7) is 2.66. The zero-order chi connectivity index (χ0) is 14.5. The number of nitrogens with two attached hydrogens (primary N) is 1. The van der Waals surface area contributed by atoms with E-state index in [1.807, 2.05) is 6.07 Å². The molecular formula is C16H21FN2S. The fraction of sp³-hybridized carbons (Fsp3) is 0.375. The minimum atomic E-state index is -0.208. The third-order valence-corrected chi connectivity index (χ3v) is 4.62. The molecular weight excluding hydrogens is 271 g/mol. The molecule has 1 aromatic carbocycles. The van der Waals surface area contributed by atoms with Gasteiger partial charge in [-0.25, -0.2) is 4.39 Å². The maximum Gasteiger partial charge on any atom is 0.123 e. The van der Waals surface area contributed by atoms with Gasteiger partial charge >= 0.3 is 0 Å². The summed E-state index contributed by atoms with van der Waals surface area (Å²) >= 11 is 1.77. The molecule has 4 heteroatoms. The maximum atomic E-state index is 13.4. The van der Waals surface area contributed by atoms with E-state index in [1.165, 1.54) is 10.9 Å². The van der Waals surface area contributed by atoms with Crippen LogP contribution in [-0.4, -0.2) is 24.5 Å². The molecule has 2 nitrogen and oxygen atoms in total. The van der Waals surface area contributed by atoms with Crippen LogP contribution < -0.4 is 5.73 Å². The van der Waals surface area contributed by atoms with E-state index >= 15 is 0 Å². The molecule has 0 aliphatic carbocycles. The highest BCUT2D eigenvalue weighted by Crippen LogP contribution is 2.23. The Morgan fingerprint density at radius 2 is 2.10 bits per heavy atom. The summed E-state index contributed by atoms with van der Waals surface area (Å²) in [5.74, 6) is -0.208. The number of hydrogen-bond acceptors (Lipinski definition) is 3. The van der Waals surface area contributed by atoms with Gasteiger partial charge in [-0.2, -0.15) is 0 Å². The molecule has 0 bridgehead atoms. The largest absolute Gasteiger partial charge is 0.329 e. The Bertz CT molecular complexity index is 527. The zero-order valence-corrected chi connectivity index (χ0v) is 12.7. The van der Waals surface area contributed by atoms with Gasteiger partial charge in [0, 0.05) is 23.5 Å². The standard InChI is InChI=1S/C16H21FN2S/c1-12(9-15-7-4-8-20-15)19(2)16(11-18)13-5-3-6-14(17)10-13/h3-8,10,12,16H,9,11,18H2,1-2H3. The van der Waals surface area contributed by atoms with E-state index in [2.05, 4.69) is 36.4 Å². The van der Waals surface area contributed by atoms with E-state index in [0.717, 1.165) is 12.0 Å². The molecule has 0 saturated carbocycles. The molecule has 108 valence electrons. The molecule has 0 saturated heterocycles. The second-order valence-corrected chi connectivity index (χ2v) is 6.14. The first-order chi connectivity index (χ1) is 9.61. The first-order valence-corrected chi connectivity index (χ1v) is 7.69. The Balaban J connectivity index is 2.10. The number of halogens is 1. The number of rotatable bonds is 6. The van der Waals surface area contributed by atoms with Crippen molar-refractivity contribution >= 4 is 11.3 Å². The van der Waals surface area contributed by atoms with Crippen LogP contribution in [0.5, 0.6) is 0 Å². The lowest BCUT2D eigenvalue weighted by atomic mass is 10.0. The average Bonchev–Trinajstić information content (AvgIpc) is 2.92. The average molecular weight is 292 g/mol. The van der Waals surface area contributed by atoms with Gasteiger partial charge in [-0.05, 0) is 49.5 Å². The van der Waals surface area contributed by atoms with Crippen LogP contribution in [0.15, 0.2) is 41.8 Å². The van der Waals surface area contributed by atoms with E-state index < -0.39 is 0 Å². The first kappa shape index (κ1) is 15.2. The monoisotopic (exact) mass is 292 g/mol. The van der Waals surface area contributed by atoms with Crippen molar-refractivity contribution in [1.82, 2.24) is 4.90 Å². The second kappa shape index (κ2) is 6.97. The van der Waals surface area contributed by atoms with Crippen LogP contribution in [0.25, 0.3) is 0 Å². The van der Waals surface area contributed by atoms with Gasteiger partial charge in [0.1, 0.15) is 5.82 Å². The summed E-state index contributed by atoms with van der Waals surface area (Å²) in [5, 5.41) is 2.09. The molecule has 0 amide bonds. The van der Waals surface area contributed by atoms with Gasteiger partial charge in [0.25, 0.3) is 0 Å². The zero-order valence-electron chi connectivity index (χ0n) is 11.9. The number of likely N-dealkylation sites (N-methyl/N-ethyl adjacent to an activating group) is 1. The fourth-order valence-corrected chi connectivity index (χ4v) is 3.25. The fourth-order valence-electron chi connectivity index (χ4n) is 2.42. The normalized spacial score (nSPS) is 14.4. The van der Waals surface area contributed by atoms with Crippen LogP contribution in [0, 0.1) is 5.82 Å². The van der Waals surface area contributed by atoms with E-state index in [0.29, 0.717) is 12.6 Å². The van der Waals surface area contributed by atoms with Gasteiger partial charge < -0.3 is 5.73 Å². The Morgan fingerprint density at radius 3 is 2.70 bits per heavy atom. The Kier molecular flexibility index (Phi) is 5.29. The van der Waals surface area contributed by atoms with Gasteiger partial charge in [0.05, 0.1) is 0 Å². The van der Waals surface area contributed by atoms with Crippen molar-refractivity contribution < 1.29 is 4.39 Å². The van der Waals surface area contributed by atoms with Gasteiger partial charge in [0.2, 0.25) is 0 Å². The van der Waals surface area contributed by atoms with Crippen LogP contribution in [0.1, 0.15) is 23.4 Å². The summed E-state index contributed by atoms with van der Waals surface area (Å²) in [7, 11) is 2.06. The number of thiophene rings is 1. The molecule has 2 rings (SSSR count). The highest BCUT2D eigenvalue weighted by Gasteiger charge is 2.21. The van der Waals surface area contributed by atoms with Crippen molar-refractivity contribution in [2.24, 2.45) is 5.73 Å². The maximum absolute atomic E-state index is 13.4. The predicted octanol–water partition coefficient (Wildman–Crippen LogP) is 3.45. The molecule has 0 aliphatic heterocycles. The summed E-state index contributed by atoms with van der Waals surface area (Å²) in [4.78, 5) is 3.59. The smallest absolute Gasteiger partial charge is 0.123 e. The van der Waals surface area contributed by atoms with Gasteiger partial charge in [-0.15, -0.1) is 11.3 Å². The lowest BCUT2D eigenvalue weighted by molar-refractivity contribution is 0.188. The van der Waals surface area contributed by atoms with Crippen LogP contribution in [-0.2, 0) is 6.42 Å². The van der Waals surface area contributed by atoms with E-state index in [9.17, 15) is 4.39 Å². The summed E-state index contributed by atoms with van der Waals surface area (Å²) in [5.41, 5.74) is 6.84. The topological polar surface area (TPSA) is 29.3 Å². The SMILES string of the molecule is CC(Cc1cccs1)N(C)C(CN)c1cccc(F)c1. The predicted molar refractivity (Wildman–Crippen MR) is 83.4 cm³/mol. The molecule has 0 aliphatic rings. The van der Waals surface area contributed by atoms with Gasteiger partial charge in [0.15, 0.2) is 0 Å². The summed E-state index contributed by atoms with van der Waals surface area (Å²) in [6.07, 6.45) is 0.986. The molecule has 0 radical (unpaired) electrons. The Morgan fingerprint density at radius 1 is 1.30 bits per heavy atom. The number of benzene rings is 1. The lowest BCUT2D eigenvalue weighted by Crippen LogP contribution is -2.38. The second-order valence-electron chi connectivity index (χ2n) is 5.10. The van der Waals surface area contributed by atoms with E-state index in [-0.39, 0.29) is 11.9 Å². The van der Waals surface area contributed by atoms with E-state index in [4.69, 9.17) is 5.73 Å².